The lowest BCUT2D eigenvalue weighted by Crippen LogP contribution is -2.43. The van der Waals surface area contributed by atoms with Gasteiger partial charge in [0, 0.05) is 12.0 Å². The second-order valence-corrected chi connectivity index (χ2v) is 5.82. The molecule has 27 heavy (non-hydrogen) atoms. The molecule has 1 amide bonds. The number of phenolic OH excluding ortho intramolecular Hbond substituents is 1. The lowest BCUT2D eigenvalue weighted by molar-refractivity contribution is -0.142. The molecule has 0 bridgehead atoms. The van der Waals surface area contributed by atoms with Crippen LogP contribution in [0.3, 0.4) is 0 Å². The molecule has 3 aromatic rings. The maximum atomic E-state index is 12.5. The molecule has 1 unspecified atom stereocenters. The number of esters is 1. The number of phenols is 1. The Morgan fingerprint density at radius 3 is 2.52 bits per heavy atom. The fourth-order valence-electron chi connectivity index (χ4n) is 2.53. The van der Waals surface area contributed by atoms with Crippen LogP contribution in [0.25, 0.3) is 11.5 Å². The number of hydrogen-bond donors (Lipinski definition) is 2. The Morgan fingerprint density at radius 1 is 1.15 bits per heavy atom. The fraction of sp³-hybridized carbons (Fsp3) is 0.150. The molecule has 138 valence electrons. The Hall–Kier alpha value is -3.61. The van der Waals surface area contributed by atoms with Crippen LogP contribution in [-0.4, -0.2) is 35.1 Å². The predicted octanol–water partition coefficient (Wildman–Crippen LogP) is 2.56. The summed E-state index contributed by atoms with van der Waals surface area (Å²) < 4.78 is 10.1. The van der Waals surface area contributed by atoms with Crippen LogP contribution in [0, 0.1) is 0 Å². The van der Waals surface area contributed by atoms with Gasteiger partial charge in [-0.15, -0.1) is 0 Å². The van der Waals surface area contributed by atoms with Gasteiger partial charge >= 0.3 is 5.97 Å². The molecule has 2 aromatic carbocycles. The molecule has 0 aliphatic rings. The highest BCUT2D eigenvalue weighted by Gasteiger charge is 2.24. The Balaban J connectivity index is 1.73. The lowest BCUT2D eigenvalue weighted by atomic mass is 10.1. The van der Waals surface area contributed by atoms with E-state index in [1.54, 1.807) is 12.1 Å². The molecule has 0 saturated heterocycles. The largest absolute Gasteiger partial charge is 0.508 e. The molecular weight excluding hydrogens is 348 g/mol. The molecule has 7 nitrogen and oxygen atoms in total. The van der Waals surface area contributed by atoms with Gasteiger partial charge in [0.05, 0.1) is 7.11 Å². The molecule has 7 heteroatoms. The molecule has 0 fully saturated rings. The van der Waals surface area contributed by atoms with Crippen molar-refractivity contribution in [2.24, 2.45) is 0 Å². The second-order valence-electron chi connectivity index (χ2n) is 5.82. The Bertz CT molecular complexity index is 919. The van der Waals surface area contributed by atoms with Crippen molar-refractivity contribution in [1.82, 2.24) is 10.3 Å². The van der Waals surface area contributed by atoms with Gasteiger partial charge in [0.2, 0.25) is 5.89 Å². The number of oxazole rings is 1. The Morgan fingerprint density at radius 2 is 1.85 bits per heavy atom. The number of benzene rings is 2. The molecule has 0 aliphatic carbocycles. The molecule has 1 aromatic heterocycles. The minimum Gasteiger partial charge on any atom is -0.508 e. The number of methoxy groups -OCH3 is 1. The van der Waals surface area contributed by atoms with E-state index in [2.05, 4.69) is 10.3 Å². The van der Waals surface area contributed by atoms with Crippen molar-refractivity contribution in [2.75, 3.05) is 7.11 Å². The molecule has 3 rings (SSSR count). The molecule has 0 radical (unpaired) electrons. The van der Waals surface area contributed by atoms with Crippen LogP contribution in [0.15, 0.2) is 65.3 Å². The van der Waals surface area contributed by atoms with Crippen molar-refractivity contribution in [3.05, 3.63) is 72.1 Å². The Kier molecular flexibility index (Phi) is 5.51. The van der Waals surface area contributed by atoms with E-state index in [0.717, 1.165) is 11.1 Å². The number of amides is 1. The zero-order chi connectivity index (χ0) is 19.2. The van der Waals surface area contributed by atoms with Crippen molar-refractivity contribution < 1.29 is 23.8 Å². The van der Waals surface area contributed by atoms with Gasteiger partial charge in [-0.25, -0.2) is 9.78 Å². The van der Waals surface area contributed by atoms with E-state index in [4.69, 9.17) is 9.15 Å². The number of rotatable bonds is 6. The third-order valence-electron chi connectivity index (χ3n) is 3.92. The molecule has 0 spiro atoms. The van der Waals surface area contributed by atoms with Gasteiger partial charge in [0.25, 0.3) is 5.91 Å². The summed E-state index contributed by atoms with van der Waals surface area (Å²) in [6, 6.07) is 14.6. The third kappa shape index (κ3) is 4.52. The molecule has 0 saturated carbocycles. The average Bonchev–Trinajstić information content (AvgIpc) is 3.19. The van der Waals surface area contributed by atoms with Gasteiger partial charge in [0.15, 0.2) is 5.69 Å². The van der Waals surface area contributed by atoms with E-state index in [-0.39, 0.29) is 17.9 Å². The van der Waals surface area contributed by atoms with E-state index in [9.17, 15) is 14.7 Å². The maximum absolute atomic E-state index is 12.5. The van der Waals surface area contributed by atoms with Crippen LogP contribution in [0.2, 0.25) is 0 Å². The number of carbonyl (C=O) groups excluding carboxylic acids is 2. The van der Waals surface area contributed by atoms with E-state index in [1.807, 2.05) is 30.3 Å². The van der Waals surface area contributed by atoms with E-state index in [1.165, 1.54) is 25.5 Å². The van der Waals surface area contributed by atoms with Gasteiger partial charge < -0.3 is 19.6 Å². The van der Waals surface area contributed by atoms with Crippen LogP contribution in [-0.2, 0) is 16.0 Å². The van der Waals surface area contributed by atoms with Gasteiger partial charge in [-0.05, 0) is 29.8 Å². The summed E-state index contributed by atoms with van der Waals surface area (Å²) in [5, 5.41) is 12.0. The maximum Gasteiger partial charge on any atom is 0.328 e. The van der Waals surface area contributed by atoms with Crippen LogP contribution in [0.1, 0.15) is 16.1 Å². The van der Waals surface area contributed by atoms with Gasteiger partial charge in [-0.3, -0.25) is 4.79 Å². The van der Waals surface area contributed by atoms with Crippen LogP contribution < -0.4 is 5.32 Å². The highest BCUT2D eigenvalue weighted by molar-refractivity contribution is 5.95. The Labute approximate surface area is 155 Å². The van der Waals surface area contributed by atoms with Crippen molar-refractivity contribution in [3.63, 3.8) is 0 Å². The fourth-order valence-corrected chi connectivity index (χ4v) is 2.53. The number of aromatic nitrogens is 1. The first-order chi connectivity index (χ1) is 13.1. The number of nitrogens with zero attached hydrogens (tertiary/aromatic N) is 1. The summed E-state index contributed by atoms with van der Waals surface area (Å²) in [7, 11) is 1.25. The zero-order valence-electron chi connectivity index (χ0n) is 14.6. The monoisotopic (exact) mass is 366 g/mol. The van der Waals surface area contributed by atoms with E-state index >= 15 is 0 Å². The summed E-state index contributed by atoms with van der Waals surface area (Å²) in [5.41, 5.74) is 1.56. The summed E-state index contributed by atoms with van der Waals surface area (Å²) >= 11 is 0. The number of hydrogen-bond acceptors (Lipinski definition) is 6. The first kappa shape index (κ1) is 18.2. The molecule has 1 atom stereocenters. The highest BCUT2D eigenvalue weighted by Crippen LogP contribution is 2.18. The standard InChI is InChI=1S/C20H18N2O5/c1-26-20(25)16(11-13-7-9-15(23)10-8-13)21-18(24)17-12-27-19(22-17)14-5-3-2-4-6-14/h2-10,12,16,23H,11H2,1H3,(H,21,24). The second kappa shape index (κ2) is 8.18. The van der Waals surface area contributed by atoms with E-state index < -0.39 is 17.9 Å². The average molecular weight is 366 g/mol. The van der Waals surface area contributed by atoms with Gasteiger partial charge in [-0.1, -0.05) is 30.3 Å². The summed E-state index contributed by atoms with van der Waals surface area (Å²) in [6.45, 7) is 0. The summed E-state index contributed by atoms with van der Waals surface area (Å²) in [4.78, 5) is 28.7. The van der Waals surface area contributed by atoms with Crippen LogP contribution in [0.5, 0.6) is 5.75 Å². The minimum atomic E-state index is -0.899. The minimum absolute atomic E-state index is 0.0634. The first-order valence-electron chi connectivity index (χ1n) is 8.24. The van der Waals surface area contributed by atoms with Crippen molar-refractivity contribution in [2.45, 2.75) is 12.5 Å². The van der Waals surface area contributed by atoms with Crippen LogP contribution >= 0.6 is 0 Å². The normalized spacial score (nSPS) is 11.6. The number of nitrogens with one attached hydrogen (secondary N) is 1. The molecular formula is C20H18N2O5. The smallest absolute Gasteiger partial charge is 0.328 e. The number of ether oxygens (including phenoxy) is 1. The highest BCUT2D eigenvalue weighted by atomic mass is 16.5. The topological polar surface area (TPSA) is 102 Å². The van der Waals surface area contributed by atoms with Crippen molar-refractivity contribution >= 4 is 11.9 Å². The van der Waals surface area contributed by atoms with Gasteiger partial charge in [0.1, 0.15) is 18.1 Å². The molecule has 1 heterocycles. The first-order valence-corrected chi connectivity index (χ1v) is 8.24. The molecule has 2 N–H and O–H groups in total. The SMILES string of the molecule is COC(=O)C(Cc1ccc(O)cc1)NC(=O)c1coc(-c2ccccc2)n1. The predicted molar refractivity (Wildman–Crippen MR) is 97.0 cm³/mol. The van der Waals surface area contributed by atoms with Gasteiger partial charge in [-0.2, -0.15) is 0 Å². The summed E-state index contributed by atoms with van der Waals surface area (Å²) in [5.74, 6) is -0.694. The third-order valence-corrected chi connectivity index (χ3v) is 3.92. The van der Waals surface area contributed by atoms with Crippen molar-refractivity contribution in [1.29, 1.82) is 0 Å². The molecule has 0 aliphatic heterocycles. The number of carbonyl (C=O) groups is 2. The van der Waals surface area contributed by atoms with E-state index in [0.29, 0.717) is 5.89 Å². The lowest BCUT2D eigenvalue weighted by Gasteiger charge is -2.15. The summed E-state index contributed by atoms with van der Waals surface area (Å²) in [6.07, 6.45) is 1.45. The number of aromatic hydroxyl groups is 1. The quantitative estimate of drug-likeness (QED) is 0.650. The zero-order valence-corrected chi connectivity index (χ0v) is 14.6. The van der Waals surface area contributed by atoms with Crippen molar-refractivity contribution in [3.8, 4) is 17.2 Å². The van der Waals surface area contributed by atoms with Crippen LogP contribution in [0.4, 0.5) is 0 Å².